The van der Waals surface area contributed by atoms with Crippen LogP contribution < -0.4 is 0 Å². The van der Waals surface area contributed by atoms with Crippen molar-refractivity contribution in [3.63, 3.8) is 0 Å². The van der Waals surface area contributed by atoms with E-state index in [1.165, 1.54) is 25.7 Å². The molecule has 0 spiro atoms. The summed E-state index contributed by atoms with van der Waals surface area (Å²) in [7, 11) is 0. The maximum Gasteiger partial charge on any atom is 0.0873 e. The second kappa shape index (κ2) is 14.6. The maximum atomic E-state index is 10.5. The second-order valence-electron chi connectivity index (χ2n) is 3.83. The number of hydrogen-bond donors (Lipinski definition) is 0. The molecule has 0 aromatic carbocycles. The normalized spacial score (nSPS) is 12.2. The summed E-state index contributed by atoms with van der Waals surface area (Å²) in [6, 6.07) is 0. The standard InChI is InChI=1S/C9H19I.C3H7FO/c1-4-6-9(7-5-2)8(3)10;1-2-3-5-4/h8-9H,4-7H2,1-3H3;2-3H2,1H3. The summed E-state index contributed by atoms with van der Waals surface area (Å²) >= 11 is 2.55. The van der Waals surface area contributed by atoms with Crippen LogP contribution >= 0.6 is 22.6 Å². The van der Waals surface area contributed by atoms with Gasteiger partial charge in [-0.25, -0.2) is 0 Å². The average molecular weight is 332 g/mol. The molecule has 1 atom stereocenters. The van der Waals surface area contributed by atoms with Crippen molar-refractivity contribution in [3.05, 3.63) is 0 Å². The van der Waals surface area contributed by atoms with E-state index in [0.717, 1.165) is 16.3 Å². The van der Waals surface area contributed by atoms with Crippen molar-refractivity contribution in [2.45, 2.75) is 63.7 Å². The molecule has 0 saturated heterocycles. The molecular weight excluding hydrogens is 306 g/mol. The zero-order valence-corrected chi connectivity index (χ0v) is 12.7. The lowest BCUT2D eigenvalue weighted by atomic mass is 9.96. The van der Waals surface area contributed by atoms with E-state index >= 15 is 0 Å². The second-order valence-corrected chi connectivity index (χ2v) is 5.79. The van der Waals surface area contributed by atoms with Gasteiger partial charge in [-0.3, -0.25) is 0 Å². The number of alkyl halides is 1. The lowest BCUT2D eigenvalue weighted by Gasteiger charge is -2.17. The maximum absolute atomic E-state index is 10.5. The van der Waals surface area contributed by atoms with Crippen LogP contribution in [0.2, 0.25) is 0 Å². The highest BCUT2D eigenvalue weighted by Crippen LogP contribution is 2.22. The Morgan fingerprint density at radius 3 is 1.67 bits per heavy atom. The van der Waals surface area contributed by atoms with Gasteiger partial charge in [0.15, 0.2) is 0 Å². The fourth-order valence-electron chi connectivity index (χ4n) is 1.42. The molecule has 0 aliphatic heterocycles. The summed E-state index contributed by atoms with van der Waals surface area (Å²) in [4.78, 5) is 3.19. The summed E-state index contributed by atoms with van der Waals surface area (Å²) in [6.45, 7) is 8.96. The highest BCUT2D eigenvalue weighted by Gasteiger charge is 2.11. The SMILES string of the molecule is CCCC(CCC)C(C)I.CCCOF. The quantitative estimate of drug-likeness (QED) is 0.453. The molecule has 0 amide bonds. The van der Waals surface area contributed by atoms with Gasteiger partial charge >= 0.3 is 0 Å². The van der Waals surface area contributed by atoms with Gasteiger partial charge in [-0.1, -0.05) is 63.1 Å². The summed E-state index contributed by atoms with van der Waals surface area (Å²) in [5.74, 6) is 0.968. The fraction of sp³-hybridized carbons (Fsp3) is 1.00. The molecule has 0 fully saturated rings. The third kappa shape index (κ3) is 14.6. The van der Waals surface area contributed by atoms with Gasteiger partial charge in [-0.2, -0.15) is 4.94 Å². The number of halogens is 2. The van der Waals surface area contributed by atoms with Gasteiger partial charge in [0.1, 0.15) is 0 Å². The molecule has 0 bridgehead atoms. The van der Waals surface area contributed by atoms with E-state index in [4.69, 9.17) is 0 Å². The summed E-state index contributed by atoms with van der Waals surface area (Å²) < 4.78 is 11.4. The van der Waals surface area contributed by atoms with Crippen molar-refractivity contribution in [1.82, 2.24) is 0 Å². The molecule has 0 aliphatic carbocycles. The Kier molecular flexibility index (Phi) is 17.5. The van der Waals surface area contributed by atoms with Gasteiger partial charge < -0.3 is 0 Å². The van der Waals surface area contributed by atoms with E-state index in [1.807, 2.05) is 6.92 Å². The first kappa shape index (κ1) is 18.0. The van der Waals surface area contributed by atoms with E-state index in [2.05, 4.69) is 48.3 Å². The first-order valence-electron chi connectivity index (χ1n) is 6.01. The average Bonchev–Trinajstić information content (AvgIpc) is 2.19. The van der Waals surface area contributed by atoms with E-state index in [1.54, 1.807) is 0 Å². The fourth-order valence-corrected chi connectivity index (χ4v) is 2.14. The van der Waals surface area contributed by atoms with Crippen molar-refractivity contribution < 1.29 is 9.47 Å². The summed E-state index contributed by atoms with van der Waals surface area (Å²) in [6.07, 6.45) is 6.27. The Labute approximate surface area is 108 Å². The molecule has 0 heterocycles. The van der Waals surface area contributed by atoms with E-state index < -0.39 is 0 Å². The molecule has 1 unspecified atom stereocenters. The summed E-state index contributed by atoms with van der Waals surface area (Å²) in [5, 5.41) is 0. The third-order valence-electron chi connectivity index (χ3n) is 2.25. The van der Waals surface area contributed by atoms with Crippen LogP contribution in [0.1, 0.15) is 59.8 Å². The smallest absolute Gasteiger partial charge is 0.0873 e. The van der Waals surface area contributed by atoms with Crippen molar-refractivity contribution in [2.75, 3.05) is 6.61 Å². The predicted octanol–water partition coefficient (Wildman–Crippen LogP) is 5.32. The van der Waals surface area contributed by atoms with Crippen LogP contribution in [-0.4, -0.2) is 10.5 Å². The van der Waals surface area contributed by atoms with E-state index in [-0.39, 0.29) is 6.61 Å². The molecule has 3 heteroatoms. The minimum absolute atomic E-state index is 0.222. The highest BCUT2D eigenvalue weighted by atomic mass is 127. The Bertz CT molecular complexity index is 102. The molecule has 0 rings (SSSR count). The molecule has 15 heavy (non-hydrogen) atoms. The summed E-state index contributed by atoms with van der Waals surface area (Å²) in [5.41, 5.74) is 0. The number of rotatable bonds is 7. The van der Waals surface area contributed by atoms with Gasteiger partial charge in [-0.05, 0) is 29.7 Å². The van der Waals surface area contributed by atoms with E-state index in [9.17, 15) is 4.53 Å². The lowest BCUT2D eigenvalue weighted by Crippen LogP contribution is -2.09. The Balaban J connectivity index is 0. The van der Waals surface area contributed by atoms with Crippen LogP contribution in [0.25, 0.3) is 0 Å². The van der Waals surface area contributed by atoms with Crippen LogP contribution in [0.3, 0.4) is 0 Å². The van der Waals surface area contributed by atoms with Crippen molar-refractivity contribution in [2.24, 2.45) is 5.92 Å². The Morgan fingerprint density at radius 1 is 1.07 bits per heavy atom. The molecule has 0 saturated carbocycles. The Hall–Kier alpha value is 0.620. The molecule has 0 aromatic heterocycles. The monoisotopic (exact) mass is 332 g/mol. The molecule has 1 nitrogen and oxygen atoms in total. The molecule has 0 aromatic rings. The van der Waals surface area contributed by atoms with Gasteiger partial charge in [0, 0.05) is 3.92 Å². The topological polar surface area (TPSA) is 9.23 Å². The minimum atomic E-state index is 0.222. The van der Waals surface area contributed by atoms with Crippen molar-refractivity contribution in [3.8, 4) is 0 Å². The van der Waals surface area contributed by atoms with Crippen LogP contribution in [0.15, 0.2) is 0 Å². The molecule has 94 valence electrons. The van der Waals surface area contributed by atoms with Crippen LogP contribution in [-0.2, 0) is 4.94 Å². The van der Waals surface area contributed by atoms with Gasteiger partial charge in [0.05, 0.1) is 6.61 Å². The molecule has 0 aliphatic rings. The largest absolute Gasteiger partial charge is 0.194 e. The zero-order chi connectivity index (χ0) is 12.1. The van der Waals surface area contributed by atoms with Crippen molar-refractivity contribution in [1.29, 1.82) is 0 Å². The van der Waals surface area contributed by atoms with Crippen LogP contribution in [0, 0.1) is 5.92 Å². The predicted molar refractivity (Wildman–Crippen MR) is 74.1 cm³/mol. The van der Waals surface area contributed by atoms with Gasteiger partial charge in [0.25, 0.3) is 0 Å². The van der Waals surface area contributed by atoms with Crippen LogP contribution in [0.5, 0.6) is 0 Å². The molecule has 0 radical (unpaired) electrons. The highest BCUT2D eigenvalue weighted by molar-refractivity contribution is 14.1. The Morgan fingerprint density at radius 2 is 1.53 bits per heavy atom. The molecular formula is C12H26FIO. The van der Waals surface area contributed by atoms with Gasteiger partial charge in [0.2, 0.25) is 0 Å². The van der Waals surface area contributed by atoms with Crippen molar-refractivity contribution >= 4 is 22.6 Å². The molecule has 0 N–H and O–H groups in total. The lowest BCUT2D eigenvalue weighted by molar-refractivity contribution is -0.131. The van der Waals surface area contributed by atoms with Gasteiger partial charge in [-0.15, -0.1) is 0 Å². The first-order valence-corrected chi connectivity index (χ1v) is 7.26. The zero-order valence-electron chi connectivity index (χ0n) is 10.6. The van der Waals surface area contributed by atoms with E-state index in [0.29, 0.717) is 0 Å². The first-order chi connectivity index (χ1) is 7.13. The third-order valence-corrected chi connectivity index (χ3v) is 3.27. The minimum Gasteiger partial charge on any atom is -0.194 e. The van der Waals surface area contributed by atoms with Crippen LogP contribution in [0.4, 0.5) is 4.53 Å². The number of hydrogen-bond acceptors (Lipinski definition) is 1.